The van der Waals surface area contributed by atoms with E-state index in [0.29, 0.717) is 12.8 Å². The molecule has 0 aromatic heterocycles. The molecule has 0 radical (unpaired) electrons. The molecule has 5 N–H and O–H groups in total. The molecule has 0 spiro atoms. The van der Waals surface area contributed by atoms with Gasteiger partial charge in [0.15, 0.2) is 0 Å². The average Bonchev–Trinajstić information content (AvgIpc) is 1.96. The molecule has 0 aliphatic rings. The molecule has 14 heavy (non-hydrogen) atoms. The van der Waals surface area contributed by atoms with E-state index >= 15 is 0 Å². The van der Waals surface area contributed by atoms with Crippen molar-refractivity contribution in [3.8, 4) is 0 Å². The molecule has 6 nitrogen and oxygen atoms in total. The Morgan fingerprint density at radius 1 is 1.14 bits per heavy atom. The quantitative estimate of drug-likeness (QED) is 0.372. The van der Waals surface area contributed by atoms with Crippen molar-refractivity contribution in [2.75, 3.05) is 0 Å². The van der Waals surface area contributed by atoms with E-state index in [1.807, 2.05) is 0 Å². The van der Waals surface area contributed by atoms with Crippen molar-refractivity contribution in [1.82, 2.24) is 0 Å². The van der Waals surface area contributed by atoms with E-state index in [9.17, 15) is 9.59 Å². The normalized spacial score (nSPS) is 11.1. The van der Waals surface area contributed by atoms with Gasteiger partial charge >= 0.3 is 11.9 Å². The maximum atomic E-state index is 9.90. The van der Waals surface area contributed by atoms with Gasteiger partial charge in [-0.15, -0.1) is 0 Å². The largest absolute Gasteiger partial charge is 0.481 e. The molecular weight excluding hydrogens is 190 g/mol. The maximum Gasteiger partial charge on any atom is 0.303 e. The average molecular weight is 207 g/mol. The standard InChI is InChI=1S/C6H10O4.C2H7NO/c7-5(8)3-1-2-4-6(9)10;1-2(3)4/h1-4H2,(H,7,8)(H,9,10);2,4H,3H2,1H3. The van der Waals surface area contributed by atoms with Crippen molar-refractivity contribution >= 4 is 11.9 Å². The molecule has 84 valence electrons. The number of carbonyl (C=O) groups is 2. The Bertz CT molecular complexity index is 150. The van der Waals surface area contributed by atoms with Gasteiger partial charge in [0.1, 0.15) is 0 Å². The lowest BCUT2D eigenvalue weighted by Gasteiger charge is -1.92. The third kappa shape index (κ3) is 30.7. The molecule has 0 fully saturated rings. The number of aliphatic hydroxyl groups is 1. The van der Waals surface area contributed by atoms with Crippen molar-refractivity contribution in [3.05, 3.63) is 0 Å². The van der Waals surface area contributed by atoms with Crippen molar-refractivity contribution in [1.29, 1.82) is 0 Å². The van der Waals surface area contributed by atoms with Crippen molar-refractivity contribution in [2.24, 2.45) is 5.73 Å². The third-order valence-corrected chi connectivity index (χ3v) is 1.03. The van der Waals surface area contributed by atoms with Crippen molar-refractivity contribution < 1.29 is 24.9 Å². The van der Waals surface area contributed by atoms with E-state index < -0.39 is 18.2 Å². The molecule has 0 bridgehead atoms. The minimum absolute atomic E-state index is 0.0628. The molecule has 1 atom stereocenters. The van der Waals surface area contributed by atoms with E-state index in [2.05, 4.69) is 5.73 Å². The first-order valence-corrected chi connectivity index (χ1v) is 4.23. The Morgan fingerprint density at radius 2 is 1.36 bits per heavy atom. The van der Waals surface area contributed by atoms with Crippen LogP contribution in [0.5, 0.6) is 0 Å². The van der Waals surface area contributed by atoms with Gasteiger partial charge in [-0.2, -0.15) is 0 Å². The minimum Gasteiger partial charge on any atom is -0.481 e. The summed E-state index contributed by atoms with van der Waals surface area (Å²) < 4.78 is 0. The number of hydrogen-bond acceptors (Lipinski definition) is 4. The predicted octanol–water partition coefficient (Wildman–Crippen LogP) is -0.000600. The minimum atomic E-state index is -0.870. The first kappa shape index (κ1) is 15.3. The SMILES string of the molecule is CC(N)O.O=C(O)CCCCC(=O)O. The van der Waals surface area contributed by atoms with Gasteiger partial charge in [-0.3, -0.25) is 9.59 Å². The molecule has 6 heteroatoms. The highest BCUT2D eigenvalue weighted by atomic mass is 16.4. The molecule has 0 rings (SSSR count). The van der Waals surface area contributed by atoms with Crippen LogP contribution in [0.2, 0.25) is 0 Å². The summed E-state index contributed by atoms with van der Waals surface area (Å²) in [5.41, 5.74) is 4.67. The van der Waals surface area contributed by atoms with Crippen LogP contribution in [0.4, 0.5) is 0 Å². The highest BCUT2D eigenvalue weighted by Gasteiger charge is 1.99. The number of nitrogens with two attached hydrogens (primary N) is 1. The summed E-state index contributed by atoms with van der Waals surface area (Å²) in [5.74, 6) is -1.74. The summed E-state index contributed by atoms with van der Waals surface area (Å²) in [6, 6.07) is 0. The highest BCUT2D eigenvalue weighted by molar-refractivity contribution is 5.67. The molecule has 0 heterocycles. The van der Waals surface area contributed by atoms with Gasteiger partial charge in [0.05, 0.1) is 6.23 Å². The lowest BCUT2D eigenvalue weighted by atomic mass is 10.2. The summed E-state index contributed by atoms with van der Waals surface area (Å²) in [6.45, 7) is 1.50. The Balaban J connectivity index is 0. The Labute approximate surface area is 82.3 Å². The first-order valence-electron chi connectivity index (χ1n) is 4.23. The summed E-state index contributed by atoms with van der Waals surface area (Å²) in [6.07, 6.45) is 0.351. The Kier molecular flexibility index (Phi) is 10.9. The maximum absolute atomic E-state index is 9.90. The monoisotopic (exact) mass is 207 g/mol. The predicted molar refractivity (Wildman–Crippen MR) is 49.6 cm³/mol. The Hall–Kier alpha value is -1.14. The molecule has 0 aliphatic heterocycles. The second-order valence-corrected chi connectivity index (χ2v) is 2.74. The molecular formula is C8H17NO5. The van der Waals surface area contributed by atoms with Crippen LogP contribution in [-0.2, 0) is 9.59 Å². The van der Waals surface area contributed by atoms with E-state index in [4.69, 9.17) is 15.3 Å². The number of rotatable bonds is 5. The lowest BCUT2D eigenvalue weighted by molar-refractivity contribution is -0.139. The van der Waals surface area contributed by atoms with Gasteiger partial charge < -0.3 is 21.1 Å². The summed E-state index contributed by atoms with van der Waals surface area (Å²) >= 11 is 0. The van der Waals surface area contributed by atoms with E-state index in [0.717, 1.165) is 0 Å². The fourth-order valence-corrected chi connectivity index (χ4v) is 0.552. The van der Waals surface area contributed by atoms with Gasteiger partial charge in [0.25, 0.3) is 0 Å². The second-order valence-electron chi connectivity index (χ2n) is 2.74. The van der Waals surface area contributed by atoms with E-state index in [1.54, 1.807) is 0 Å². The van der Waals surface area contributed by atoms with Crippen LogP contribution in [0.15, 0.2) is 0 Å². The molecule has 1 unspecified atom stereocenters. The molecule has 0 amide bonds. The zero-order valence-corrected chi connectivity index (χ0v) is 8.14. The van der Waals surface area contributed by atoms with Crippen LogP contribution in [0, 0.1) is 0 Å². The van der Waals surface area contributed by atoms with Crippen LogP contribution in [0.3, 0.4) is 0 Å². The lowest BCUT2D eigenvalue weighted by Crippen LogP contribution is -2.11. The number of unbranched alkanes of at least 4 members (excludes halogenated alkanes) is 1. The number of aliphatic carboxylic acids is 2. The first-order chi connectivity index (χ1) is 6.36. The summed E-state index contributed by atoms with van der Waals surface area (Å²) in [5, 5.41) is 24.1. The highest BCUT2D eigenvalue weighted by Crippen LogP contribution is 1.98. The molecule has 0 aliphatic carbocycles. The van der Waals surface area contributed by atoms with Gasteiger partial charge in [0, 0.05) is 12.8 Å². The molecule has 0 aromatic carbocycles. The number of carboxylic acids is 2. The molecule has 0 aromatic rings. The fourth-order valence-electron chi connectivity index (χ4n) is 0.552. The van der Waals surface area contributed by atoms with Crippen LogP contribution >= 0.6 is 0 Å². The summed E-state index contributed by atoms with van der Waals surface area (Å²) in [4.78, 5) is 19.8. The summed E-state index contributed by atoms with van der Waals surface area (Å²) in [7, 11) is 0. The zero-order chi connectivity index (χ0) is 11.6. The number of hydrogen-bond donors (Lipinski definition) is 4. The van der Waals surface area contributed by atoms with E-state index in [-0.39, 0.29) is 12.8 Å². The van der Waals surface area contributed by atoms with Gasteiger partial charge in [0.2, 0.25) is 0 Å². The smallest absolute Gasteiger partial charge is 0.303 e. The van der Waals surface area contributed by atoms with Crippen LogP contribution in [0.25, 0.3) is 0 Å². The third-order valence-electron chi connectivity index (χ3n) is 1.03. The second kappa shape index (κ2) is 9.94. The molecule has 0 saturated carbocycles. The van der Waals surface area contributed by atoms with Crippen LogP contribution in [-0.4, -0.2) is 33.5 Å². The fraction of sp³-hybridized carbons (Fsp3) is 0.750. The molecule has 0 saturated heterocycles. The van der Waals surface area contributed by atoms with Crippen molar-refractivity contribution in [3.63, 3.8) is 0 Å². The van der Waals surface area contributed by atoms with Gasteiger partial charge in [-0.1, -0.05) is 0 Å². The van der Waals surface area contributed by atoms with Gasteiger partial charge in [-0.25, -0.2) is 0 Å². The Morgan fingerprint density at radius 3 is 1.50 bits per heavy atom. The van der Waals surface area contributed by atoms with Crippen LogP contribution < -0.4 is 5.73 Å². The topological polar surface area (TPSA) is 121 Å². The van der Waals surface area contributed by atoms with Crippen molar-refractivity contribution in [2.45, 2.75) is 38.8 Å². The zero-order valence-electron chi connectivity index (χ0n) is 8.14. The number of aliphatic hydroxyl groups excluding tert-OH is 1. The van der Waals surface area contributed by atoms with E-state index in [1.165, 1.54) is 6.92 Å². The van der Waals surface area contributed by atoms with Crippen LogP contribution in [0.1, 0.15) is 32.6 Å². The van der Waals surface area contributed by atoms with Gasteiger partial charge in [-0.05, 0) is 19.8 Å². The number of carboxylic acid groups (broad SMARTS) is 2.